The van der Waals surface area contributed by atoms with Crippen molar-refractivity contribution < 1.29 is 23.8 Å². The highest BCUT2D eigenvalue weighted by Crippen LogP contribution is 2.26. The molecule has 180 valence electrons. The van der Waals surface area contributed by atoms with Crippen LogP contribution in [0.3, 0.4) is 0 Å². The Bertz CT molecular complexity index is 1150. The lowest BCUT2D eigenvalue weighted by Gasteiger charge is -2.16. The van der Waals surface area contributed by atoms with Gasteiger partial charge in [-0.3, -0.25) is 4.79 Å². The maximum atomic E-state index is 12.5. The molecule has 0 bridgehead atoms. The fraction of sp³-hybridized carbons (Fsp3) is 0.304. The highest BCUT2D eigenvalue weighted by Gasteiger charge is 2.20. The monoisotopic (exact) mass is 504 g/mol. The maximum Gasteiger partial charge on any atom is 0.339 e. The molecule has 1 amide bonds. The van der Waals surface area contributed by atoms with E-state index in [-0.39, 0.29) is 28.4 Å². The van der Waals surface area contributed by atoms with Crippen LogP contribution in [0.5, 0.6) is 11.5 Å². The minimum Gasteiger partial charge on any atom is -0.497 e. The van der Waals surface area contributed by atoms with Crippen molar-refractivity contribution in [2.24, 2.45) is 0 Å². The minimum absolute atomic E-state index is 0.0992. The van der Waals surface area contributed by atoms with Crippen molar-refractivity contribution in [1.82, 2.24) is 14.8 Å². The molecule has 0 spiro atoms. The second-order valence-corrected chi connectivity index (χ2v) is 8.39. The molecular weight excluding hydrogens is 480 g/mol. The summed E-state index contributed by atoms with van der Waals surface area (Å²) in [6.45, 7) is 4.47. The van der Waals surface area contributed by atoms with Gasteiger partial charge in [-0.05, 0) is 56.3 Å². The number of benzene rings is 2. The fourth-order valence-corrected chi connectivity index (χ4v) is 4.12. The first-order chi connectivity index (χ1) is 16.4. The second-order valence-electron chi connectivity index (χ2n) is 7.04. The fourth-order valence-electron chi connectivity index (χ4n) is 3.11. The van der Waals surface area contributed by atoms with Gasteiger partial charge >= 0.3 is 5.97 Å². The Morgan fingerprint density at radius 3 is 2.47 bits per heavy atom. The SMILES string of the molecule is CCn1c(SCC(=O)Nc2ccc(Cl)c(C(=O)OC)c2)nnc1C(C)Oc1ccc(OC)cc1. The summed E-state index contributed by atoms with van der Waals surface area (Å²) in [6.07, 6.45) is -0.352. The number of carbonyl (C=O) groups is 2. The summed E-state index contributed by atoms with van der Waals surface area (Å²) in [4.78, 5) is 24.3. The zero-order valence-electron chi connectivity index (χ0n) is 19.2. The van der Waals surface area contributed by atoms with Gasteiger partial charge in [-0.2, -0.15) is 0 Å². The maximum absolute atomic E-state index is 12.5. The van der Waals surface area contributed by atoms with Gasteiger partial charge in [0.15, 0.2) is 17.1 Å². The number of hydrogen-bond donors (Lipinski definition) is 1. The van der Waals surface area contributed by atoms with Gasteiger partial charge in [0.05, 0.1) is 30.6 Å². The summed E-state index contributed by atoms with van der Waals surface area (Å²) in [5.41, 5.74) is 0.616. The summed E-state index contributed by atoms with van der Waals surface area (Å²) in [5.74, 6) is 1.34. The van der Waals surface area contributed by atoms with Crippen LogP contribution in [0.4, 0.5) is 5.69 Å². The van der Waals surface area contributed by atoms with E-state index in [2.05, 4.69) is 15.5 Å². The molecular formula is C23H25ClN4O5S. The Balaban J connectivity index is 1.63. The van der Waals surface area contributed by atoms with Gasteiger partial charge in [-0.15, -0.1) is 10.2 Å². The lowest BCUT2D eigenvalue weighted by atomic mass is 10.2. The van der Waals surface area contributed by atoms with Crippen molar-refractivity contribution in [3.63, 3.8) is 0 Å². The van der Waals surface area contributed by atoms with E-state index in [0.29, 0.717) is 29.0 Å². The number of nitrogens with one attached hydrogen (secondary N) is 1. The molecule has 0 fully saturated rings. The quantitative estimate of drug-likeness (QED) is 0.315. The highest BCUT2D eigenvalue weighted by molar-refractivity contribution is 7.99. The zero-order chi connectivity index (χ0) is 24.7. The van der Waals surface area contributed by atoms with Crippen molar-refractivity contribution in [1.29, 1.82) is 0 Å². The molecule has 1 atom stereocenters. The number of anilines is 1. The third kappa shape index (κ3) is 6.21. The van der Waals surface area contributed by atoms with E-state index in [1.165, 1.54) is 31.0 Å². The van der Waals surface area contributed by atoms with E-state index in [9.17, 15) is 9.59 Å². The molecule has 0 saturated heterocycles. The first kappa shape index (κ1) is 25.4. The van der Waals surface area contributed by atoms with Gasteiger partial charge in [0.25, 0.3) is 0 Å². The van der Waals surface area contributed by atoms with Crippen LogP contribution < -0.4 is 14.8 Å². The Kier molecular flexibility index (Phi) is 8.78. The number of ether oxygens (including phenoxy) is 3. The normalized spacial score (nSPS) is 11.6. The number of aromatic nitrogens is 3. The lowest BCUT2D eigenvalue weighted by Crippen LogP contribution is -2.16. The first-order valence-electron chi connectivity index (χ1n) is 10.4. The number of halogens is 1. The Morgan fingerprint density at radius 2 is 1.82 bits per heavy atom. The van der Waals surface area contributed by atoms with E-state index in [1.54, 1.807) is 13.2 Å². The van der Waals surface area contributed by atoms with Crippen molar-refractivity contribution in [2.75, 3.05) is 25.3 Å². The Hall–Kier alpha value is -3.24. The first-order valence-corrected chi connectivity index (χ1v) is 11.8. The second kappa shape index (κ2) is 11.8. The molecule has 0 radical (unpaired) electrons. The smallest absolute Gasteiger partial charge is 0.339 e. The number of carbonyl (C=O) groups excluding carboxylic acids is 2. The van der Waals surface area contributed by atoms with Gasteiger partial charge in [0, 0.05) is 12.2 Å². The number of hydrogen-bond acceptors (Lipinski definition) is 8. The predicted molar refractivity (Wildman–Crippen MR) is 130 cm³/mol. The average molecular weight is 505 g/mol. The third-order valence-electron chi connectivity index (χ3n) is 4.79. The summed E-state index contributed by atoms with van der Waals surface area (Å²) in [6, 6.07) is 11.9. The Morgan fingerprint density at radius 1 is 1.12 bits per heavy atom. The third-order valence-corrected chi connectivity index (χ3v) is 6.08. The molecule has 2 aromatic carbocycles. The van der Waals surface area contributed by atoms with Gasteiger partial charge in [0.1, 0.15) is 11.5 Å². The molecule has 3 aromatic rings. The van der Waals surface area contributed by atoms with E-state index < -0.39 is 5.97 Å². The van der Waals surface area contributed by atoms with Crippen LogP contribution >= 0.6 is 23.4 Å². The zero-order valence-corrected chi connectivity index (χ0v) is 20.8. The highest BCUT2D eigenvalue weighted by atomic mass is 35.5. The van der Waals surface area contributed by atoms with Crippen LogP contribution in [0.1, 0.15) is 36.1 Å². The topological polar surface area (TPSA) is 105 Å². The largest absolute Gasteiger partial charge is 0.497 e. The van der Waals surface area contributed by atoms with Crippen molar-refractivity contribution in [3.8, 4) is 11.5 Å². The molecule has 0 aliphatic heterocycles. The molecule has 1 heterocycles. The number of methoxy groups -OCH3 is 2. The van der Waals surface area contributed by atoms with Crippen LogP contribution in [0.25, 0.3) is 0 Å². The number of nitrogens with zero attached hydrogens (tertiary/aromatic N) is 3. The molecule has 34 heavy (non-hydrogen) atoms. The van der Waals surface area contributed by atoms with Gasteiger partial charge in [0.2, 0.25) is 5.91 Å². The molecule has 0 saturated carbocycles. The minimum atomic E-state index is -0.579. The van der Waals surface area contributed by atoms with Crippen LogP contribution in [0.2, 0.25) is 5.02 Å². The lowest BCUT2D eigenvalue weighted by molar-refractivity contribution is -0.113. The summed E-state index contributed by atoms with van der Waals surface area (Å²) in [7, 11) is 2.87. The van der Waals surface area contributed by atoms with Gasteiger partial charge < -0.3 is 24.1 Å². The predicted octanol–water partition coefficient (Wildman–Crippen LogP) is 4.62. The van der Waals surface area contributed by atoms with E-state index in [1.807, 2.05) is 42.7 Å². The van der Waals surface area contributed by atoms with Crippen molar-refractivity contribution in [3.05, 3.63) is 58.9 Å². The summed E-state index contributed by atoms with van der Waals surface area (Å²) < 4.78 is 17.8. The Labute approximate surface area is 206 Å². The van der Waals surface area contributed by atoms with Crippen molar-refractivity contribution >= 4 is 40.9 Å². The number of amides is 1. The molecule has 1 unspecified atom stereocenters. The van der Waals surface area contributed by atoms with Gasteiger partial charge in [-0.25, -0.2) is 4.79 Å². The molecule has 1 N–H and O–H groups in total. The van der Waals surface area contributed by atoms with Crippen LogP contribution in [-0.2, 0) is 16.1 Å². The number of esters is 1. The van der Waals surface area contributed by atoms with Crippen molar-refractivity contribution in [2.45, 2.75) is 31.7 Å². The molecule has 1 aromatic heterocycles. The van der Waals surface area contributed by atoms with Crippen LogP contribution in [0, 0.1) is 0 Å². The van der Waals surface area contributed by atoms with E-state index in [4.69, 9.17) is 25.8 Å². The summed E-state index contributed by atoms with van der Waals surface area (Å²) in [5, 5.41) is 12.1. The number of rotatable bonds is 10. The average Bonchev–Trinajstić information content (AvgIpc) is 3.27. The van der Waals surface area contributed by atoms with Crippen LogP contribution in [-0.4, -0.2) is 46.6 Å². The molecule has 11 heteroatoms. The molecule has 9 nitrogen and oxygen atoms in total. The number of thioether (sulfide) groups is 1. The van der Waals surface area contributed by atoms with Crippen LogP contribution in [0.15, 0.2) is 47.6 Å². The molecule has 3 rings (SSSR count). The van der Waals surface area contributed by atoms with Gasteiger partial charge in [-0.1, -0.05) is 23.4 Å². The summed E-state index contributed by atoms with van der Waals surface area (Å²) >= 11 is 7.28. The molecule has 0 aliphatic carbocycles. The van der Waals surface area contributed by atoms with E-state index >= 15 is 0 Å². The van der Waals surface area contributed by atoms with E-state index in [0.717, 1.165) is 5.75 Å². The molecule has 0 aliphatic rings. The standard InChI is InChI=1S/C23H25ClN4O5S/c1-5-28-21(14(2)33-17-9-7-16(31-3)8-10-17)26-27-23(28)34-13-20(29)25-15-6-11-19(24)18(12-15)22(30)32-4/h6-12,14H,5,13H2,1-4H3,(H,25,29).